The van der Waals surface area contributed by atoms with Gasteiger partial charge in [0.2, 0.25) is 0 Å². The molecule has 0 N–H and O–H groups in total. The highest BCUT2D eigenvalue weighted by atomic mass is 32.1. The maximum Gasteiger partial charge on any atom is 0.129 e. The first-order chi connectivity index (χ1) is 10.6. The number of rotatable bonds is 6. The molecule has 1 heterocycles. The summed E-state index contributed by atoms with van der Waals surface area (Å²) in [4.78, 5) is 5.07. The van der Waals surface area contributed by atoms with Crippen LogP contribution in [0.3, 0.4) is 0 Å². The molecule has 4 heteroatoms. The quantitative estimate of drug-likeness (QED) is 0.568. The van der Waals surface area contributed by atoms with Crippen molar-refractivity contribution >= 4 is 11.3 Å². The number of benzene rings is 1. The van der Waals surface area contributed by atoms with Crippen molar-refractivity contribution in [3.05, 3.63) is 51.5 Å². The van der Waals surface area contributed by atoms with Crippen molar-refractivity contribution in [1.29, 1.82) is 0 Å². The highest BCUT2D eigenvalue weighted by Crippen LogP contribution is 2.19. The van der Waals surface area contributed by atoms with E-state index in [1.165, 1.54) is 55.6 Å². The Kier molecular flexibility index (Phi) is 8.90. The zero-order valence-corrected chi connectivity index (χ0v) is 14.5. The SMILES string of the molecule is CCCCCCC.Cc1ncc(Cc2ccc(F)cc2F)s1. The van der Waals surface area contributed by atoms with Crippen molar-refractivity contribution in [2.24, 2.45) is 0 Å². The van der Waals surface area contributed by atoms with E-state index < -0.39 is 11.6 Å². The average Bonchev–Trinajstić information content (AvgIpc) is 2.89. The van der Waals surface area contributed by atoms with E-state index in [-0.39, 0.29) is 0 Å². The summed E-state index contributed by atoms with van der Waals surface area (Å²) in [7, 11) is 0. The lowest BCUT2D eigenvalue weighted by molar-refractivity contribution is 0.575. The molecule has 122 valence electrons. The molecule has 2 aromatic rings. The summed E-state index contributed by atoms with van der Waals surface area (Å²) in [6.45, 7) is 6.39. The molecule has 0 amide bonds. The first-order valence-corrected chi connectivity index (χ1v) is 8.73. The molecule has 1 aromatic heterocycles. The fraction of sp³-hybridized carbons (Fsp3) is 0.500. The monoisotopic (exact) mass is 325 g/mol. The van der Waals surface area contributed by atoms with Crippen LogP contribution in [0.25, 0.3) is 0 Å². The van der Waals surface area contributed by atoms with Crippen LogP contribution in [0.2, 0.25) is 0 Å². The number of halogens is 2. The van der Waals surface area contributed by atoms with Gasteiger partial charge in [0.25, 0.3) is 0 Å². The first kappa shape index (κ1) is 18.8. The van der Waals surface area contributed by atoms with Crippen LogP contribution in [-0.4, -0.2) is 4.98 Å². The Hall–Kier alpha value is -1.29. The van der Waals surface area contributed by atoms with Gasteiger partial charge in [-0.1, -0.05) is 52.0 Å². The minimum Gasteiger partial charge on any atom is -0.250 e. The van der Waals surface area contributed by atoms with Gasteiger partial charge in [0.1, 0.15) is 11.6 Å². The Bertz CT molecular complexity index is 548. The van der Waals surface area contributed by atoms with E-state index in [0.717, 1.165) is 16.0 Å². The van der Waals surface area contributed by atoms with E-state index in [0.29, 0.717) is 12.0 Å². The molecule has 0 aliphatic rings. The minimum absolute atomic E-state index is 0.470. The summed E-state index contributed by atoms with van der Waals surface area (Å²) in [6, 6.07) is 3.65. The van der Waals surface area contributed by atoms with Crippen molar-refractivity contribution < 1.29 is 8.78 Å². The second-order valence-corrected chi connectivity index (χ2v) is 6.64. The Morgan fingerprint density at radius 3 is 2.23 bits per heavy atom. The van der Waals surface area contributed by atoms with Crippen molar-refractivity contribution in [2.75, 3.05) is 0 Å². The van der Waals surface area contributed by atoms with Crippen molar-refractivity contribution in [3.63, 3.8) is 0 Å². The zero-order chi connectivity index (χ0) is 16.4. The predicted molar refractivity (Wildman–Crippen MR) is 90.4 cm³/mol. The molecule has 1 aromatic carbocycles. The lowest BCUT2D eigenvalue weighted by Gasteiger charge is -2.00. The minimum atomic E-state index is -0.545. The molecule has 1 nitrogen and oxygen atoms in total. The molecule has 0 aliphatic heterocycles. The summed E-state index contributed by atoms with van der Waals surface area (Å²) in [5.74, 6) is -1.04. The fourth-order valence-corrected chi connectivity index (χ4v) is 2.83. The number of aromatic nitrogens is 1. The summed E-state index contributed by atoms with van der Waals surface area (Å²) < 4.78 is 25.9. The van der Waals surface area contributed by atoms with Gasteiger partial charge in [-0.2, -0.15) is 0 Å². The molecule has 0 saturated carbocycles. The number of hydrogen-bond donors (Lipinski definition) is 0. The topological polar surface area (TPSA) is 12.9 Å². The fourth-order valence-electron chi connectivity index (χ4n) is 2.02. The van der Waals surface area contributed by atoms with Crippen molar-refractivity contribution in [1.82, 2.24) is 4.98 Å². The van der Waals surface area contributed by atoms with E-state index in [1.54, 1.807) is 6.20 Å². The van der Waals surface area contributed by atoms with E-state index in [4.69, 9.17) is 0 Å². The van der Waals surface area contributed by atoms with Gasteiger partial charge in [0, 0.05) is 23.6 Å². The third-order valence-corrected chi connectivity index (χ3v) is 4.17. The van der Waals surface area contributed by atoms with Gasteiger partial charge in [-0.05, 0) is 18.6 Å². The lowest BCUT2D eigenvalue weighted by Crippen LogP contribution is -1.91. The highest BCUT2D eigenvalue weighted by molar-refractivity contribution is 7.11. The predicted octanol–water partition coefficient (Wildman–Crippen LogP) is 6.30. The van der Waals surface area contributed by atoms with Crippen LogP contribution in [0.4, 0.5) is 8.78 Å². The van der Waals surface area contributed by atoms with Crippen LogP contribution in [0.5, 0.6) is 0 Å². The van der Waals surface area contributed by atoms with Crippen molar-refractivity contribution in [3.8, 4) is 0 Å². The molecule has 0 bridgehead atoms. The van der Waals surface area contributed by atoms with Crippen molar-refractivity contribution in [2.45, 2.75) is 59.3 Å². The van der Waals surface area contributed by atoms with Gasteiger partial charge in [-0.25, -0.2) is 13.8 Å². The molecule has 22 heavy (non-hydrogen) atoms. The third-order valence-electron chi connectivity index (χ3n) is 3.26. The maximum absolute atomic E-state index is 13.3. The molecule has 0 atom stereocenters. The smallest absolute Gasteiger partial charge is 0.129 e. The van der Waals surface area contributed by atoms with E-state index in [1.807, 2.05) is 6.92 Å². The first-order valence-electron chi connectivity index (χ1n) is 7.92. The van der Waals surface area contributed by atoms with E-state index in [9.17, 15) is 8.78 Å². The summed E-state index contributed by atoms with van der Waals surface area (Å²) in [6.07, 6.45) is 9.20. The lowest BCUT2D eigenvalue weighted by atomic mass is 10.1. The number of unbranched alkanes of at least 4 members (excludes halogenated alkanes) is 4. The highest BCUT2D eigenvalue weighted by Gasteiger charge is 2.06. The molecule has 0 radical (unpaired) electrons. The standard InChI is InChI=1S/C11H9F2NS.C7H16/c1-7-14-6-10(15-7)4-8-2-3-9(12)5-11(8)13;1-3-5-7-6-4-2/h2-3,5-6H,4H2,1H3;3-7H2,1-2H3. The summed E-state index contributed by atoms with van der Waals surface area (Å²) >= 11 is 1.52. The van der Waals surface area contributed by atoms with E-state index in [2.05, 4.69) is 18.8 Å². The zero-order valence-electron chi connectivity index (χ0n) is 13.7. The molecule has 2 rings (SSSR count). The second-order valence-electron chi connectivity index (χ2n) is 5.32. The largest absolute Gasteiger partial charge is 0.250 e. The van der Waals surface area contributed by atoms with E-state index >= 15 is 0 Å². The maximum atomic E-state index is 13.3. The van der Waals surface area contributed by atoms with Gasteiger partial charge < -0.3 is 0 Å². The summed E-state index contributed by atoms with van der Waals surface area (Å²) in [5.41, 5.74) is 0.500. The van der Waals surface area contributed by atoms with Crippen LogP contribution < -0.4 is 0 Å². The molecular weight excluding hydrogens is 300 g/mol. The molecule has 0 saturated heterocycles. The number of thiazole rings is 1. The van der Waals surface area contributed by atoms with Crippen LogP contribution >= 0.6 is 11.3 Å². The van der Waals surface area contributed by atoms with Gasteiger partial charge in [0.15, 0.2) is 0 Å². The molecular formula is C18H25F2NS. The van der Waals surface area contributed by atoms with Crippen LogP contribution in [0, 0.1) is 18.6 Å². The van der Waals surface area contributed by atoms with Gasteiger partial charge in [-0.3, -0.25) is 0 Å². The summed E-state index contributed by atoms with van der Waals surface area (Å²) in [5, 5.41) is 0.951. The third kappa shape index (κ3) is 7.12. The molecule has 0 aliphatic carbocycles. The normalized spacial score (nSPS) is 10.2. The Labute approximate surface area is 136 Å². The average molecular weight is 325 g/mol. The molecule has 0 unspecified atom stereocenters. The van der Waals surface area contributed by atoms with Gasteiger partial charge >= 0.3 is 0 Å². The Balaban J connectivity index is 0.000000295. The molecule has 0 spiro atoms. The van der Waals surface area contributed by atoms with Crippen LogP contribution in [0.15, 0.2) is 24.4 Å². The van der Waals surface area contributed by atoms with Crippen LogP contribution in [0.1, 0.15) is 61.4 Å². The van der Waals surface area contributed by atoms with Gasteiger partial charge in [0.05, 0.1) is 5.01 Å². The number of hydrogen-bond acceptors (Lipinski definition) is 2. The number of aryl methyl sites for hydroxylation is 1. The van der Waals surface area contributed by atoms with Crippen LogP contribution in [-0.2, 0) is 6.42 Å². The molecule has 0 fully saturated rings. The number of nitrogens with zero attached hydrogens (tertiary/aromatic N) is 1. The van der Waals surface area contributed by atoms with Gasteiger partial charge in [-0.15, -0.1) is 11.3 Å². The Morgan fingerprint density at radius 1 is 1.05 bits per heavy atom. The Morgan fingerprint density at radius 2 is 1.73 bits per heavy atom. The second kappa shape index (κ2) is 10.4.